The Balaban J connectivity index is 3.98. The number of likely N-dealkylation sites (N-methyl/N-ethyl adjacent to an activating group) is 1. The number of unbranched alkanes of at least 4 members (excludes halogenated alkanes) is 1. The monoisotopic (exact) mass is 187 g/mol. The fraction of sp³-hybridized carbons (Fsp3) is 0.900. The highest BCUT2D eigenvalue weighted by atomic mass is 16.5. The van der Waals surface area contributed by atoms with E-state index < -0.39 is 0 Å². The molecule has 0 radical (unpaired) electrons. The fourth-order valence-corrected chi connectivity index (χ4v) is 1.31. The van der Waals surface area contributed by atoms with Crippen LogP contribution in [-0.4, -0.2) is 37.1 Å². The molecule has 13 heavy (non-hydrogen) atoms. The Hall–Kier alpha value is -0.570. The maximum Gasteiger partial charge on any atom is 0.322 e. The van der Waals surface area contributed by atoms with Gasteiger partial charge in [-0.05, 0) is 26.4 Å². The molecule has 0 spiro atoms. The van der Waals surface area contributed by atoms with Crippen LogP contribution in [0.1, 0.15) is 33.6 Å². The average Bonchev–Trinajstić information content (AvgIpc) is 2.17. The number of carbonyl (C=O) groups is 1. The molecule has 0 amide bonds. The molecule has 0 heterocycles. The Morgan fingerprint density at radius 1 is 1.46 bits per heavy atom. The third-order valence-corrected chi connectivity index (χ3v) is 2.30. The standard InChI is InChI=1S/C10H21NO2/c1-5-7-8-11(6-2)9(3)10(12)13-4/h9H,5-8H2,1-4H3. The molecule has 0 aromatic rings. The molecule has 1 unspecified atom stereocenters. The van der Waals surface area contributed by atoms with Gasteiger partial charge in [0.1, 0.15) is 6.04 Å². The van der Waals surface area contributed by atoms with E-state index in [2.05, 4.69) is 18.7 Å². The van der Waals surface area contributed by atoms with Gasteiger partial charge in [-0.15, -0.1) is 0 Å². The highest BCUT2D eigenvalue weighted by molar-refractivity contribution is 5.75. The molecular formula is C10H21NO2. The van der Waals surface area contributed by atoms with Gasteiger partial charge in [-0.3, -0.25) is 9.69 Å². The molecule has 1 atom stereocenters. The predicted octanol–water partition coefficient (Wildman–Crippen LogP) is 1.67. The van der Waals surface area contributed by atoms with Crippen LogP contribution >= 0.6 is 0 Å². The lowest BCUT2D eigenvalue weighted by Gasteiger charge is -2.25. The largest absolute Gasteiger partial charge is 0.468 e. The minimum atomic E-state index is -0.141. The number of hydrogen-bond acceptors (Lipinski definition) is 3. The molecule has 0 aliphatic heterocycles. The van der Waals surface area contributed by atoms with E-state index in [4.69, 9.17) is 4.74 Å². The Labute approximate surface area is 81.1 Å². The summed E-state index contributed by atoms with van der Waals surface area (Å²) in [6.45, 7) is 7.98. The van der Waals surface area contributed by atoms with Gasteiger partial charge >= 0.3 is 5.97 Å². The van der Waals surface area contributed by atoms with Crippen molar-refractivity contribution in [3.05, 3.63) is 0 Å². The van der Waals surface area contributed by atoms with Crippen molar-refractivity contribution in [2.45, 2.75) is 39.7 Å². The van der Waals surface area contributed by atoms with Gasteiger partial charge in [-0.25, -0.2) is 0 Å². The molecule has 0 aromatic carbocycles. The highest BCUT2D eigenvalue weighted by Gasteiger charge is 2.19. The van der Waals surface area contributed by atoms with E-state index in [9.17, 15) is 4.79 Å². The summed E-state index contributed by atoms with van der Waals surface area (Å²) >= 11 is 0. The summed E-state index contributed by atoms with van der Waals surface area (Å²) in [5.41, 5.74) is 0. The van der Waals surface area contributed by atoms with Gasteiger partial charge in [0.15, 0.2) is 0 Å². The summed E-state index contributed by atoms with van der Waals surface area (Å²) in [6.07, 6.45) is 2.29. The van der Waals surface area contributed by atoms with Crippen molar-refractivity contribution in [3.8, 4) is 0 Å². The van der Waals surface area contributed by atoms with Crippen molar-refractivity contribution >= 4 is 5.97 Å². The Kier molecular flexibility index (Phi) is 6.59. The number of methoxy groups -OCH3 is 1. The fourth-order valence-electron chi connectivity index (χ4n) is 1.31. The summed E-state index contributed by atoms with van der Waals surface area (Å²) < 4.78 is 4.69. The van der Waals surface area contributed by atoms with Crippen LogP contribution in [0, 0.1) is 0 Å². The number of esters is 1. The normalized spacial score (nSPS) is 13.0. The zero-order valence-corrected chi connectivity index (χ0v) is 9.17. The lowest BCUT2D eigenvalue weighted by Crippen LogP contribution is -2.40. The molecule has 0 saturated carbocycles. The number of carbonyl (C=O) groups excluding carboxylic acids is 1. The van der Waals surface area contributed by atoms with Gasteiger partial charge in [0.2, 0.25) is 0 Å². The van der Waals surface area contributed by atoms with E-state index in [0.717, 1.165) is 25.9 Å². The summed E-state index contributed by atoms with van der Waals surface area (Å²) in [5, 5.41) is 0. The van der Waals surface area contributed by atoms with Crippen molar-refractivity contribution in [1.29, 1.82) is 0 Å². The van der Waals surface area contributed by atoms with Crippen molar-refractivity contribution in [3.63, 3.8) is 0 Å². The molecular weight excluding hydrogens is 166 g/mol. The molecule has 0 fully saturated rings. The Morgan fingerprint density at radius 3 is 2.46 bits per heavy atom. The van der Waals surface area contributed by atoms with Crippen molar-refractivity contribution in [2.75, 3.05) is 20.2 Å². The van der Waals surface area contributed by atoms with Crippen LogP contribution in [0.5, 0.6) is 0 Å². The van der Waals surface area contributed by atoms with Crippen LogP contribution in [0.4, 0.5) is 0 Å². The third kappa shape index (κ3) is 4.27. The van der Waals surface area contributed by atoms with Crippen LogP contribution in [0.25, 0.3) is 0 Å². The quantitative estimate of drug-likeness (QED) is 0.592. The van der Waals surface area contributed by atoms with Crippen LogP contribution in [0.3, 0.4) is 0 Å². The molecule has 3 heteroatoms. The van der Waals surface area contributed by atoms with Gasteiger partial charge < -0.3 is 4.74 Å². The highest BCUT2D eigenvalue weighted by Crippen LogP contribution is 2.03. The number of nitrogens with zero attached hydrogens (tertiary/aromatic N) is 1. The SMILES string of the molecule is CCCCN(CC)C(C)C(=O)OC. The van der Waals surface area contributed by atoms with Gasteiger partial charge in [0.05, 0.1) is 7.11 Å². The lowest BCUT2D eigenvalue weighted by atomic mass is 10.2. The number of ether oxygens (including phenoxy) is 1. The predicted molar refractivity (Wildman–Crippen MR) is 53.6 cm³/mol. The minimum absolute atomic E-state index is 0.110. The first kappa shape index (κ1) is 12.4. The van der Waals surface area contributed by atoms with Gasteiger partial charge in [-0.2, -0.15) is 0 Å². The van der Waals surface area contributed by atoms with E-state index in [0.29, 0.717) is 0 Å². The van der Waals surface area contributed by atoms with E-state index in [1.807, 2.05) is 6.92 Å². The van der Waals surface area contributed by atoms with E-state index in [-0.39, 0.29) is 12.0 Å². The second kappa shape index (κ2) is 6.89. The molecule has 0 aromatic heterocycles. The van der Waals surface area contributed by atoms with Crippen molar-refractivity contribution in [1.82, 2.24) is 4.90 Å². The van der Waals surface area contributed by atoms with Crippen LogP contribution in [0.2, 0.25) is 0 Å². The summed E-state index contributed by atoms with van der Waals surface area (Å²) in [4.78, 5) is 13.3. The van der Waals surface area contributed by atoms with Gasteiger partial charge in [-0.1, -0.05) is 20.3 Å². The molecule has 0 N–H and O–H groups in total. The lowest BCUT2D eigenvalue weighted by molar-refractivity contribution is -0.146. The van der Waals surface area contributed by atoms with Gasteiger partial charge in [0.25, 0.3) is 0 Å². The number of hydrogen-bond donors (Lipinski definition) is 0. The van der Waals surface area contributed by atoms with Crippen LogP contribution in [-0.2, 0) is 9.53 Å². The summed E-state index contributed by atoms with van der Waals surface area (Å²) in [7, 11) is 1.44. The maximum atomic E-state index is 11.2. The van der Waals surface area contributed by atoms with Crippen LogP contribution < -0.4 is 0 Å². The summed E-state index contributed by atoms with van der Waals surface area (Å²) in [5.74, 6) is -0.141. The van der Waals surface area contributed by atoms with E-state index in [1.54, 1.807) is 0 Å². The zero-order valence-electron chi connectivity index (χ0n) is 9.17. The third-order valence-electron chi connectivity index (χ3n) is 2.30. The molecule has 78 valence electrons. The molecule has 0 aliphatic carbocycles. The second-order valence-corrected chi connectivity index (χ2v) is 3.18. The first-order valence-electron chi connectivity index (χ1n) is 4.99. The van der Waals surface area contributed by atoms with Crippen LogP contribution in [0.15, 0.2) is 0 Å². The first-order chi connectivity index (χ1) is 6.17. The first-order valence-corrected chi connectivity index (χ1v) is 4.99. The minimum Gasteiger partial charge on any atom is -0.468 e. The maximum absolute atomic E-state index is 11.2. The Bertz CT molecular complexity index is 148. The molecule has 0 saturated heterocycles. The smallest absolute Gasteiger partial charge is 0.322 e. The summed E-state index contributed by atoms with van der Waals surface area (Å²) in [6, 6.07) is -0.110. The molecule has 0 aliphatic rings. The van der Waals surface area contributed by atoms with Crippen molar-refractivity contribution < 1.29 is 9.53 Å². The second-order valence-electron chi connectivity index (χ2n) is 3.18. The molecule has 3 nitrogen and oxygen atoms in total. The van der Waals surface area contributed by atoms with Gasteiger partial charge in [0, 0.05) is 0 Å². The Morgan fingerprint density at radius 2 is 2.08 bits per heavy atom. The number of rotatable bonds is 6. The van der Waals surface area contributed by atoms with Crippen molar-refractivity contribution in [2.24, 2.45) is 0 Å². The molecule has 0 rings (SSSR count). The molecule has 0 bridgehead atoms. The van der Waals surface area contributed by atoms with E-state index in [1.165, 1.54) is 7.11 Å². The van der Waals surface area contributed by atoms with E-state index >= 15 is 0 Å². The topological polar surface area (TPSA) is 29.5 Å². The average molecular weight is 187 g/mol. The zero-order chi connectivity index (χ0) is 10.3.